The first-order valence-corrected chi connectivity index (χ1v) is 15.4. The fraction of sp³-hybridized carbons (Fsp3) is 0.241. The van der Waals surface area contributed by atoms with E-state index in [1.54, 1.807) is 19.2 Å². The van der Waals surface area contributed by atoms with Crippen LogP contribution in [0, 0.1) is 0 Å². The monoisotopic (exact) mass is 671 g/mol. The molecule has 43 heavy (non-hydrogen) atoms. The van der Waals surface area contributed by atoms with Crippen LogP contribution in [0.4, 0.5) is 17.3 Å². The number of hydrogen-bond acceptors (Lipinski definition) is 10. The summed E-state index contributed by atoms with van der Waals surface area (Å²) in [6.45, 7) is 2.65. The van der Waals surface area contributed by atoms with E-state index in [1.165, 1.54) is 33.5 Å². The Morgan fingerprint density at radius 2 is 1.58 bits per heavy atom. The summed E-state index contributed by atoms with van der Waals surface area (Å²) in [5, 5.41) is 12.4. The Morgan fingerprint density at radius 1 is 0.907 bits per heavy atom. The van der Waals surface area contributed by atoms with Gasteiger partial charge < -0.3 is 28.8 Å². The van der Waals surface area contributed by atoms with E-state index in [2.05, 4.69) is 38.0 Å². The molecule has 2 aromatic heterocycles. The zero-order valence-corrected chi connectivity index (χ0v) is 26.5. The lowest BCUT2D eigenvalue weighted by Crippen LogP contribution is -2.15. The van der Waals surface area contributed by atoms with Crippen LogP contribution in [0.1, 0.15) is 18.2 Å². The minimum absolute atomic E-state index is 0.0242. The summed E-state index contributed by atoms with van der Waals surface area (Å²) in [7, 11) is 1.69. The van der Waals surface area contributed by atoms with E-state index in [4.69, 9.17) is 28.6 Å². The molecule has 14 heteroatoms. The number of aryl methyl sites for hydroxylation is 1. The summed E-state index contributed by atoms with van der Waals surface area (Å²) in [5.74, 6) is 1.99. The smallest absolute Gasteiger partial charge is 0.270 e. The highest BCUT2D eigenvalue weighted by Gasteiger charge is 2.28. The second-order valence-electron chi connectivity index (χ2n) is 9.33. The molecule has 0 spiro atoms. The van der Waals surface area contributed by atoms with E-state index >= 15 is 0 Å². The van der Waals surface area contributed by atoms with Crippen molar-refractivity contribution in [2.24, 2.45) is 0 Å². The number of halogens is 1. The number of rotatable bonds is 12. The summed E-state index contributed by atoms with van der Waals surface area (Å²) in [4.78, 5) is -0.181. The normalized spacial score (nSPS) is 11.4. The molecule has 0 fully saturated rings. The van der Waals surface area contributed by atoms with E-state index < -0.39 is 10.0 Å². The molecule has 5 rings (SSSR count). The molecule has 2 heterocycles. The lowest BCUT2D eigenvalue weighted by atomic mass is 10.2. The van der Waals surface area contributed by atoms with Crippen LogP contribution in [0.25, 0.3) is 11.0 Å². The maximum Gasteiger partial charge on any atom is 0.270 e. The molecular formula is C29H30BrN5O7S. The number of fused-ring (bicyclic) bond motifs is 1. The standard InChI is InChI=1S/C29H30BrN5O7S/c1-6-19-13-27(32-35(19)16-17-7-9-20(38-2)10-8-17)31-22-15-23-21(14-24(22)39-3)29(33-42-23)34-43(36,37)28-25(40-4)11-18(30)12-26(28)41-5/h7-15H,6,16H2,1-5H3,(H,31,32)(H,33,34). The van der Waals surface area contributed by atoms with Crippen LogP contribution in [0.2, 0.25) is 0 Å². The third kappa shape index (κ3) is 6.20. The summed E-state index contributed by atoms with van der Waals surface area (Å²) in [6, 6.07) is 16.2. The van der Waals surface area contributed by atoms with Gasteiger partial charge in [0.15, 0.2) is 22.1 Å². The molecule has 12 nitrogen and oxygen atoms in total. The van der Waals surface area contributed by atoms with Crippen LogP contribution in [-0.4, -0.2) is 51.8 Å². The number of benzene rings is 3. The van der Waals surface area contributed by atoms with Gasteiger partial charge in [0.1, 0.15) is 23.0 Å². The van der Waals surface area contributed by atoms with Gasteiger partial charge in [0.25, 0.3) is 10.0 Å². The molecule has 0 saturated carbocycles. The van der Waals surface area contributed by atoms with Crippen LogP contribution in [0.15, 0.2) is 68.5 Å². The molecular weight excluding hydrogens is 642 g/mol. The summed E-state index contributed by atoms with van der Waals surface area (Å²) in [6.07, 6.45) is 0.778. The number of methoxy groups -OCH3 is 4. The molecule has 2 N–H and O–H groups in total. The number of nitrogens with zero attached hydrogens (tertiary/aromatic N) is 3. The van der Waals surface area contributed by atoms with Gasteiger partial charge in [-0.1, -0.05) is 40.1 Å². The first-order chi connectivity index (χ1) is 20.7. The average Bonchev–Trinajstić information content (AvgIpc) is 3.58. The molecule has 0 unspecified atom stereocenters. The van der Waals surface area contributed by atoms with E-state index in [1.807, 2.05) is 35.0 Å². The second kappa shape index (κ2) is 12.4. The third-order valence-electron chi connectivity index (χ3n) is 6.70. The Balaban J connectivity index is 1.44. The van der Waals surface area contributed by atoms with Crippen molar-refractivity contribution >= 4 is 54.2 Å². The second-order valence-corrected chi connectivity index (χ2v) is 11.9. The first kappa shape index (κ1) is 30.0. The first-order valence-electron chi connectivity index (χ1n) is 13.1. The molecule has 0 atom stereocenters. The van der Waals surface area contributed by atoms with Gasteiger partial charge in [0.2, 0.25) is 0 Å². The van der Waals surface area contributed by atoms with Crippen LogP contribution in [0.3, 0.4) is 0 Å². The predicted octanol–water partition coefficient (Wildman–Crippen LogP) is 5.98. The SMILES string of the molecule is CCc1cc(Nc2cc3onc(NS(=O)(=O)c4c(OC)cc(Br)cc4OC)c3cc2OC)nn1Cc1ccc(OC)cc1. The molecule has 0 bridgehead atoms. The largest absolute Gasteiger partial charge is 0.497 e. The Labute approximate surface area is 257 Å². The van der Waals surface area contributed by atoms with Gasteiger partial charge in [-0.05, 0) is 42.3 Å². The highest BCUT2D eigenvalue weighted by Crippen LogP contribution is 2.40. The van der Waals surface area contributed by atoms with Crippen LogP contribution in [-0.2, 0) is 23.0 Å². The van der Waals surface area contributed by atoms with Gasteiger partial charge in [-0.3, -0.25) is 9.40 Å². The van der Waals surface area contributed by atoms with Crippen molar-refractivity contribution in [1.29, 1.82) is 0 Å². The number of anilines is 3. The number of ether oxygens (including phenoxy) is 4. The fourth-order valence-electron chi connectivity index (χ4n) is 4.58. The molecule has 0 aliphatic heterocycles. The number of aromatic nitrogens is 3. The van der Waals surface area contributed by atoms with Crippen molar-refractivity contribution in [2.75, 3.05) is 38.5 Å². The minimum atomic E-state index is -4.21. The van der Waals surface area contributed by atoms with E-state index in [-0.39, 0.29) is 22.2 Å². The predicted molar refractivity (Wildman–Crippen MR) is 166 cm³/mol. The average molecular weight is 673 g/mol. The molecule has 3 aromatic carbocycles. The quantitative estimate of drug-likeness (QED) is 0.163. The lowest BCUT2D eigenvalue weighted by Gasteiger charge is -2.14. The highest BCUT2D eigenvalue weighted by atomic mass is 79.9. The molecule has 0 aliphatic carbocycles. The van der Waals surface area contributed by atoms with Crippen LogP contribution >= 0.6 is 15.9 Å². The maximum absolute atomic E-state index is 13.5. The Hall–Kier alpha value is -4.43. The zero-order chi connectivity index (χ0) is 30.7. The van der Waals surface area contributed by atoms with Crippen molar-refractivity contribution in [1.82, 2.24) is 14.9 Å². The molecule has 0 radical (unpaired) electrons. The van der Waals surface area contributed by atoms with E-state index in [0.29, 0.717) is 39.2 Å². The van der Waals surface area contributed by atoms with Gasteiger partial charge in [-0.2, -0.15) is 5.10 Å². The topological polar surface area (TPSA) is 139 Å². The van der Waals surface area contributed by atoms with E-state index in [9.17, 15) is 8.42 Å². The fourth-order valence-corrected chi connectivity index (χ4v) is 6.31. The summed E-state index contributed by atoms with van der Waals surface area (Å²) < 4.78 is 59.0. The zero-order valence-electron chi connectivity index (χ0n) is 24.1. The van der Waals surface area contributed by atoms with Gasteiger partial charge in [-0.25, -0.2) is 8.42 Å². The highest BCUT2D eigenvalue weighted by molar-refractivity contribution is 9.10. The van der Waals surface area contributed by atoms with Crippen LogP contribution in [0.5, 0.6) is 23.0 Å². The number of nitrogens with one attached hydrogen (secondary N) is 2. The van der Waals surface area contributed by atoms with Gasteiger partial charge in [0, 0.05) is 22.3 Å². The van der Waals surface area contributed by atoms with E-state index in [0.717, 1.165) is 23.4 Å². The molecule has 5 aromatic rings. The summed E-state index contributed by atoms with van der Waals surface area (Å²) in [5.41, 5.74) is 3.00. The van der Waals surface area contributed by atoms with Crippen molar-refractivity contribution in [3.05, 3.63) is 70.3 Å². The van der Waals surface area contributed by atoms with Crippen molar-refractivity contribution < 1.29 is 31.9 Å². The number of sulfonamides is 1. The molecule has 226 valence electrons. The van der Waals surface area contributed by atoms with Crippen LogP contribution < -0.4 is 29.0 Å². The minimum Gasteiger partial charge on any atom is -0.497 e. The molecule has 0 aliphatic rings. The van der Waals surface area contributed by atoms with Crippen molar-refractivity contribution in [3.63, 3.8) is 0 Å². The third-order valence-corrected chi connectivity index (χ3v) is 8.56. The molecule has 0 saturated heterocycles. The molecule has 0 amide bonds. The van der Waals surface area contributed by atoms with Gasteiger partial charge in [-0.15, -0.1) is 0 Å². The lowest BCUT2D eigenvalue weighted by molar-refractivity contribution is 0.373. The maximum atomic E-state index is 13.5. The van der Waals surface area contributed by atoms with Gasteiger partial charge >= 0.3 is 0 Å². The summed E-state index contributed by atoms with van der Waals surface area (Å²) >= 11 is 3.33. The Bertz CT molecular complexity index is 1850. The Morgan fingerprint density at radius 3 is 2.19 bits per heavy atom. The number of hydrogen-bond donors (Lipinski definition) is 2. The Kier molecular flexibility index (Phi) is 8.69. The van der Waals surface area contributed by atoms with Crippen molar-refractivity contribution in [2.45, 2.75) is 24.8 Å². The van der Waals surface area contributed by atoms with Gasteiger partial charge in [0.05, 0.1) is 46.1 Å². The van der Waals surface area contributed by atoms with Crippen molar-refractivity contribution in [3.8, 4) is 23.0 Å².